The van der Waals surface area contributed by atoms with Gasteiger partial charge in [-0.25, -0.2) is 0 Å². The van der Waals surface area contributed by atoms with Crippen LogP contribution in [0.3, 0.4) is 0 Å². The van der Waals surface area contributed by atoms with Crippen molar-refractivity contribution < 1.29 is 14.7 Å². The summed E-state index contributed by atoms with van der Waals surface area (Å²) >= 11 is 0.929. The van der Waals surface area contributed by atoms with Gasteiger partial charge in [0.25, 0.3) is 0 Å². The summed E-state index contributed by atoms with van der Waals surface area (Å²) in [5.74, 6) is 0. The Hall–Kier alpha value is -1.43. The van der Waals surface area contributed by atoms with E-state index in [4.69, 9.17) is 0 Å². The molecule has 0 atom stereocenters. The molecule has 0 aliphatic rings. The van der Waals surface area contributed by atoms with Crippen molar-refractivity contribution in [1.29, 1.82) is 0 Å². The first-order valence-corrected chi connectivity index (χ1v) is 3.41. The van der Waals surface area contributed by atoms with Gasteiger partial charge >= 0.3 is 5.09 Å². The van der Waals surface area contributed by atoms with Crippen LogP contribution in [0.4, 0.5) is 0 Å². The molecule has 0 fully saturated rings. The number of carbonyl (C=O) groups is 1. The number of nitrogens with zero attached hydrogens (tertiary/aromatic N) is 1. The minimum atomic E-state index is -0.916. The van der Waals surface area contributed by atoms with Crippen LogP contribution in [0.25, 0.3) is 0 Å². The molecule has 0 aromatic carbocycles. The summed E-state index contributed by atoms with van der Waals surface area (Å²) < 4.78 is 0. The number of aldehydes is 1. The van der Waals surface area contributed by atoms with Gasteiger partial charge < -0.3 is 0 Å². The highest BCUT2D eigenvalue weighted by Gasteiger charge is 2.02. The number of hydrogen-bond donors (Lipinski definition) is 0. The fourth-order valence-corrected chi connectivity index (χ4v) is 1.17. The molecule has 0 radical (unpaired) electrons. The van der Waals surface area contributed by atoms with Crippen LogP contribution in [-0.4, -0.2) is 11.4 Å². The fourth-order valence-electron chi connectivity index (χ4n) is 0.520. The summed E-state index contributed by atoms with van der Waals surface area (Å²) in [5, 5.41) is 8.96. The van der Waals surface area contributed by atoms with Crippen molar-refractivity contribution >= 4 is 17.6 Å². The molecule has 0 aliphatic heterocycles. The molecule has 1 rings (SSSR count). The molecule has 1 aromatic heterocycles. The Balaban J connectivity index is 2.72. The Kier molecular flexibility index (Phi) is 2.17. The number of thiophene rings is 1. The van der Waals surface area contributed by atoms with Crippen molar-refractivity contribution in [3.05, 3.63) is 27.1 Å². The number of rotatable bonds is 3. The maximum Gasteiger partial charge on any atom is 0.300 e. The Labute approximate surface area is 65.3 Å². The third-order valence-electron chi connectivity index (χ3n) is 0.883. The molecule has 0 saturated heterocycles. The minimum Gasteiger partial charge on any atom is -0.297 e. The van der Waals surface area contributed by atoms with Gasteiger partial charge in [0.05, 0.1) is 4.88 Å². The van der Waals surface area contributed by atoms with E-state index < -0.39 is 5.09 Å². The summed E-state index contributed by atoms with van der Waals surface area (Å²) in [7, 11) is 0. The third-order valence-corrected chi connectivity index (χ3v) is 1.76. The van der Waals surface area contributed by atoms with Gasteiger partial charge in [0.1, 0.15) is 0 Å². The van der Waals surface area contributed by atoms with Crippen molar-refractivity contribution in [3.63, 3.8) is 0 Å². The molecule has 58 valence electrons. The predicted molar refractivity (Wildman–Crippen MR) is 37.3 cm³/mol. The van der Waals surface area contributed by atoms with E-state index in [0.717, 1.165) is 11.3 Å². The van der Waals surface area contributed by atoms with Crippen molar-refractivity contribution in [1.82, 2.24) is 0 Å². The first-order valence-electron chi connectivity index (χ1n) is 2.60. The lowest BCUT2D eigenvalue weighted by Crippen LogP contribution is -2.01. The van der Waals surface area contributed by atoms with Crippen molar-refractivity contribution in [3.8, 4) is 5.06 Å². The van der Waals surface area contributed by atoms with Gasteiger partial charge in [-0.1, -0.05) is 0 Å². The Bertz CT molecular complexity index is 282. The summed E-state index contributed by atoms with van der Waals surface area (Å²) in [5.41, 5.74) is 0. The standard InChI is InChI=1S/C5H3NO4S/c7-3-4-1-2-5(11-4)10-6(8)9/h1-3H. The lowest BCUT2D eigenvalue weighted by atomic mass is 10.5. The van der Waals surface area contributed by atoms with E-state index in [9.17, 15) is 14.9 Å². The molecule has 0 bridgehead atoms. The normalized spacial score (nSPS) is 9.09. The van der Waals surface area contributed by atoms with Crippen LogP contribution < -0.4 is 4.84 Å². The van der Waals surface area contributed by atoms with Crippen molar-refractivity contribution in [2.75, 3.05) is 0 Å². The molecule has 11 heavy (non-hydrogen) atoms. The second-order valence-corrected chi connectivity index (χ2v) is 2.67. The SMILES string of the molecule is O=Cc1ccc(O[N+](=O)[O-])s1. The Morgan fingerprint density at radius 1 is 1.64 bits per heavy atom. The highest BCUT2D eigenvalue weighted by Crippen LogP contribution is 2.22. The monoisotopic (exact) mass is 173 g/mol. The molecule has 1 heterocycles. The molecule has 0 saturated carbocycles. The van der Waals surface area contributed by atoms with Gasteiger partial charge in [-0.15, -0.1) is 21.5 Å². The van der Waals surface area contributed by atoms with Crippen molar-refractivity contribution in [2.45, 2.75) is 0 Å². The molecular weight excluding hydrogens is 170 g/mol. The van der Waals surface area contributed by atoms with Gasteiger partial charge in [-0.3, -0.25) is 9.63 Å². The molecule has 6 heteroatoms. The van der Waals surface area contributed by atoms with Gasteiger partial charge in [0.15, 0.2) is 11.3 Å². The maximum absolute atomic E-state index is 10.1. The molecule has 0 unspecified atom stereocenters. The average Bonchev–Trinajstić information content (AvgIpc) is 2.34. The molecule has 0 N–H and O–H groups in total. The summed E-state index contributed by atoms with van der Waals surface area (Å²) in [6.07, 6.45) is 0.609. The third kappa shape index (κ3) is 2.01. The van der Waals surface area contributed by atoms with E-state index in [2.05, 4.69) is 4.84 Å². The summed E-state index contributed by atoms with van der Waals surface area (Å²) in [6.45, 7) is 0. The number of carbonyl (C=O) groups excluding carboxylic acids is 1. The number of hydrogen-bond acceptors (Lipinski definition) is 5. The first-order chi connectivity index (χ1) is 5.22. The first kappa shape index (κ1) is 7.67. The highest BCUT2D eigenvalue weighted by molar-refractivity contribution is 7.15. The lowest BCUT2D eigenvalue weighted by Gasteiger charge is -1.87. The quantitative estimate of drug-likeness (QED) is 0.390. The highest BCUT2D eigenvalue weighted by atomic mass is 32.1. The lowest BCUT2D eigenvalue weighted by molar-refractivity contribution is -0.710. The van der Waals surface area contributed by atoms with Crippen LogP contribution in [0.5, 0.6) is 5.06 Å². The van der Waals surface area contributed by atoms with Crippen LogP contribution in [-0.2, 0) is 0 Å². The zero-order chi connectivity index (χ0) is 8.27. The second kappa shape index (κ2) is 3.11. The minimum absolute atomic E-state index is 0.108. The molecule has 5 nitrogen and oxygen atoms in total. The average molecular weight is 173 g/mol. The molecule has 0 amide bonds. The van der Waals surface area contributed by atoms with E-state index in [1.54, 1.807) is 0 Å². The van der Waals surface area contributed by atoms with Gasteiger partial charge in [-0.05, 0) is 12.1 Å². The maximum atomic E-state index is 10.1. The zero-order valence-electron chi connectivity index (χ0n) is 5.22. The molecule has 0 spiro atoms. The van der Waals surface area contributed by atoms with Crippen LogP contribution in [0, 0.1) is 10.1 Å². The zero-order valence-corrected chi connectivity index (χ0v) is 6.04. The van der Waals surface area contributed by atoms with E-state index in [0.29, 0.717) is 11.2 Å². The largest absolute Gasteiger partial charge is 0.300 e. The van der Waals surface area contributed by atoms with E-state index in [-0.39, 0.29) is 5.06 Å². The summed E-state index contributed by atoms with van der Waals surface area (Å²) in [4.78, 5) is 24.3. The van der Waals surface area contributed by atoms with Crippen LogP contribution in [0.1, 0.15) is 9.67 Å². The molecular formula is C5H3NO4S. The molecule has 0 aliphatic carbocycles. The van der Waals surface area contributed by atoms with Crippen molar-refractivity contribution in [2.24, 2.45) is 0 Å². The second-order valence-electron chi connectivity index (χ2n) is 1.59. The Morgan fingerprint density at radius 2 is 2.36 bits per heavy atom. The Morgan fingerprint density at radius 3 is 2.82 bits per heavy atom. The van der Waals surface area contributed by atoms with Gasteiger partial charge in [0, 0.05) is 0 Å². The van der Waals surface area contributed by atoms with Gasteiger partial charge in [-0.2, -0.15) is 0 Å². The molecule has 1 aromatic rings. The summed E-state index contributed by atoms with van der Waals surface area (Å²) in [6, 6.07) is 2.83. The van der Waals surface area contributed by atoms with Gasteiger partial charge in [0.2, 0.25) is 0 Å². The van der Waals surface area contributed by atoms with Crippen LogP contribution in [0.15, 0.2) is 12.1 Å². The fraction of sp³-hybridized carbons (Fsp3) is 0. The topological polar surface area (TPSA) is 69.4 Å². The van der Waals surface area contributed by atoms with Crippen LogP contribution >= 0.6 is 11.3 Å². The van der Waals surface area contributed by atoms with E-state index >= 15 is 0 Å². The van der Waals surface area contributed by atoms with E-state index in [1.807, 2.05) is 0 Å². The predicted octanol–water partition coefficient (Wildman–Crippen LogP) is 1.13. The smallest absolute Gasteiger partial charge is 0.297 e. The van der Waals surface area contributed by atoms with E-state index in [1.165, 1.54) is 12.1 Å². The van der Waals surface area contributed by atoms with Crippen LogP contribution in [0.2, 0.25) is 0 Å².